The zero-order chi connectivity index (χ0) is 13.2. The molecule has 0 bridgehead atoms. The van der Waals surface area contributed by atoms with E-state index in [-0.39, 0.29) is 0 Å². The van der Waals surface area contributed by atoms with Crippen molar-refractivity contribution in [2.75, 3.05) is 20.3 Å². The maximum Gasteiger partial charge on any atom is 0.136 e. The lowest BCUT2D eigenvalue weighted by Gasteiger charge is -2.08. The van der Waals surface area contributed by atoms with Crippen LogP contribution < -0.4 is 10.5 Å². The summed E-state index contributed by atoms with van der Waals surface area (Å²) in [6, 6.07) is 6.61. The molecule has 1 aliphatic rings. The van der Waals surface area contributed by atoms with Crippen molar-refractivity contribution in [1.82, 2.24) is 9.55 Å². The predicted molar refractivity (Wildman–Crippen MR) is 73.3 cm³/mol. The second kappa shape index (κ2) is 5.19. The molecule has 1 aliphatic carbocycles. The van der Waals surface area contributed by atoms with Gasteiger partial charge in [0, 0.05) is 18.7 Å². The van der Waals surface area contributed by atoms with E-state index >= 15 is 0 Å². The average Bonchev–Trinajstić information content (AvgIpc) is 3.20. The Balaban J connectivity index is 1.97. The van der Waals surface area contributed by atoms with Crippen LogP contribution in [0.3, 0.4) is 0 Å². The van der Waals surface area contributed by atoms with Gasteiger partial charge in [-0.2, -0.15) is 0 Å². The molecule has 0 radical (unpaired) electrons. The quantitative estimate of drug-likeness (QED) is 0.806. The molecule has 2 aromatic rings. The first-order valence-electron chi connectivity index (χ1n) is 6.66. The van der Waals surface area contributed by atoms with Gasteiger partial charge in [0.1, 0.15) is 18.2 Å². The number of nitrogens with two attached hydrogens (primary N) is 1. The molecule has 5 heteroatoms. The molecule has 0 amide bonds. The summed E-state index contributed by atoms with van der Waals surface area (Å²) in [4.78, 5) is 4.67. The first-order valence-corrected chi connectivity index (χ1v) is 6.66. The Hall–Kier alpha value is -1.59. The van der Waals surface area contributed by atoms with E-state index in [2.05, 4.69) is 15.6 Å². The van der Waals surface area contributed by atoms with Crippen molar-refractivity contribution < 1.29 is 9.47 Å². The maximum absolute atomic E-state index is 5.53. The number of hydrogen-bond acceptors (Lipinski definition) is 4. The average molecular weight is 261 g/mol. The molecule has 1 saturated carbocycles. The van der Waals surface area contributed by atoms with Gasteiger partial charge in [-0.05, 0) is 25.0 Å². The summed E-state index contributed by atoms with van der Waals surface area (Å²) in [5.74, 6) is 1.82. The highest BCUT2D eigenvalue weighted by atomic mass is 16.5. The number of rotatable bonds is 6. The van der Waals surface area contributed by atoms with Crippen molar-refractivity contribution in [3.63, 3.8) is 0 Å². The predicted octanol–water partition coefficient (Wildman–Crippen LogP) is 1.86. The van der Waals surface area contributed by atoms with E-state index in [0.29, 0.717) is 25.8 Å². The van der Waals surface area contributed by atoms with E-state index < -0.39 is 0 Å². The maximum atomic E-state index is 5.53. The van der Waals surface area contributed by atoms with Crippen molar-refractivity contribution in [2.24, 2.45) is 5.73 Å². The molecular formula is C14H19N3O2. The van der Waals surface area contributed by atoms with Crippen LogP contribution in [-0.4, -0.2) is 29.8 Å². The molecule has 0 unspecified atom stereocenters. The molecule has 3 rings (SSSR count). The van der Waals surface area contributed by atoms with Crippen molar-refractivity contribution in [2.45, 2.75) is 25.5 Å². The molecule has 102 valence electrons. The van der Waals surface area contributed by atoms with Crippen LogP contribution in [0.25, 0.3) is 11.0 Å². The fourth-order valence-electron chi connectivity index (χ4n) is 2.34. The van der Waals surface area contributed by atoms with E-state index in [1.807, 2.05) is 12.1 Å². The summed E-state index contributed by atoms with van der Waals surface area (Å²) in [6.07, 6.45) is 2.45. The second-order valence-electron chi connectivity index (χ2n) is 4.83. The van der Waals surface area contributed by atoms with E-state index in [4.69, 9.17) is 15.2 Å². The van der Waals surface area contributed by atoms with Crippen LogP contribution in [0.15, 0.2) is 18.2 Å². The monoisotopic (exact) mass is 261 g/mol. The summed E-state index contributed by atoms with van der Waals surface area (Å²) in [7, 11) is 1.67. The number of aromatic nitrogens is 2. The van der Waals surface area contributed by atoms with Gasteiger partial charge in [0.25, 0.3) is 0 Å². The minimum atomic E-state index is 0.519. The van der Waals surface area contributed by atoms with Crippen LogP contribution >= 0.6 is 0 Å². The number of fused-ring (bicyclic) bond motifs is 1. The molecule has 0 atom stereocenters. The third-order valence-corrected chi connectivity index (χ3v) is 3.38. The summed E-state index contributed by atoms with van der Waals surface area (Å²) in [5.41, 5.74) is 7.58. The van der Waals surface area contributed by atoms with Crippen LogP contribution in [0.4, 0.5) is 0 Å². The molecule has 1 aromatic heterocycles. The summed E-state index contributed by atoms with van der Waals surface area (Å²) in [6.45, 7) is 1.62. The van der Waals surface area contributed by atoms with Gasteiger partial charge < -0.3 is 19.8 Å². The summed E-state index contributed by atoms with van der Waals surface area (Å²) >= 11 is 0. The van der Waals surface area contributed by atoms with Gasteiger partial charge in [-0.25, -0.2) is 4.98 Å². The molecule has 5 nitrogen and oxygen atoms in total. The topological polar surface area (TPSA) is 62.3 Å². The van der Waals surface area contributed by atoms with E-state index in [0.717, 1.165) is 22.6 Å². The number of hydrogen-bond donors (Lipinski definition) is 1. The Morgan fingerprint density at radius 3 is 2.95 bits per heavy atom. The van der Waals surface area contributed by atoms with Crippen molar-refractivity contribution >= 4 is 11.0 Å². The Morgan fingerprint density at radius 1 is 1.42 bits per heavy atom. The van der Waals surface area contributed by atoms with Crippen LogP contribution in [0.2, 0.25) is 0 Å². The van der Waals surface area contributed by atoms with Gasteiger partial charge in [-0.3, -0.25) is 0 Å². The molecule has 19 heavy (non-hydrogen) atoms. The lowest BCUT2D eigenvalue weighted by molar-refractivity contribution is 0.120. The van der Waals surface area contributed by atoms with Crippen molar-refractivity contribution in [1.29, 1.82) is 0 Å². The molecule has 1 heterocycles. The first-order chi connectivity index (χ1) is 9.33. The number of imidazole rings is 1. The molecular weight excluding hydrogens is 242 g/mol. The van der Waals surface area contributed by atoms with E-state index in [1.54, 1.807) is 7.11 Å². The van der Waals surface area contributed by atoms with Gasteiger partial charge in [0.05, 0.1) is 24.8 Å². The van der Waals surface area contributed by atoms with Crippen LogP contribution in [0.1, 0.15) is 24.7 Å². The molecule has 1 fully saturated rings. The van der Waals surface area contributed by atoms with Crippen LogP contribution in [-0.2, 0) is 11.3 Å². The summed E-state index contributed by atoms with van der Waals surface area (Å²) < 4.78 is 13.1. The minimum absolute atomic E-state index is 0.519. The molecule has 2 N–H and O–H groups in total. The molecule has 0 aliphatic heterocycles. The number of nitrogens with zero attached hydrogens (tertiary/aromatic N) is 2. The van der Waals surface area contributed by atoms with Gasteiger partial charge in [0.15, 0.2) is 0 Å². The zero-order valence-electron chi connectivity index (χ0n) is 11.1. The minimum Gasteiger partial charge on any atom is -0.497 e. The Kier molecular flexibility index (Phi) is 3.40. The standard InChI is InChI=1S/C14H19N3O2/c1-18-11-4-5-13-12(8-11)16-14(9-19-7-6-15)17(13)10-2-3-10/h4-5,8,10H,2-3,6-7,9,15H2,1H3. The molecule has 1 aromatic carbocycles. The largest absolute Gasteiger partial charge is 0.497 e. The normalized spacial score (nSPS) is 15.1. The Morgan fingerprint density at radius 2 is 2.26 bits per heavy atom. The molecule has 0 spiro atoms. The van der Waals surface area contributed by atoms with Gasteiger partial charge in [-0.15, -0.1) is 0 Å². The highest BCUT2D eigenvalue weighted by Crippen LogP contribution is 2.39. The highest BCUT2D eigenvalue weighted by molar-refractivity contribution is 5.78. The summed E-state index contributed by atoms with van der Waals surface area (Å²) in [5, 5.41) is 0. The second-order valence-corrected chi connectivity index (χ2v) is 4.83. The van der Waals surface area contributed by atoms with Gasteiger partial charge in [-0.1, -0.05) is 0 Å². The fraction of sp³-hybridized carbons (Fsp3) is 0.500. The lowest BCUT2D eigenvalue weighted by Crippen LogP contribution is -2.10. The molecule has 0 saturated heterocycles. The number of methoxy groups -OCH3 is 1. The smallest absolute Gasteiger partial charge is 0.136 e. The SMILES string of the molecule is COc1ccc2c(c1)nc(COCCN)n2C1CC1. The third kappa shape index (κ3) is 2.43. The van der Waals surface area contributed by atoms with Crippen molar-refractivity contribution in [3.8, 4) is 5.75 Å². The number of benzene rings is 1. The van der Waals surface area contributed by atoms with Crippen molar-refractivity contribution in [3.05, 3.63) is 24.0 Å². The Bertz CT molecular complexity index is 575. The van der Waals surface area contributed by atoms with E-state index in [1.165, 1.54) is 12.8 Å². The lowest BCUT2D eigenvalue weighted by atomic mass is 10.3. The van der Waals surface area contributed by atoms with Gasteiger partial charge in [0.2, 0.25) is 0 Å². The third-order valence-electron chi connectivity index (χ3n) is 3.38. The Labute approximate surface area is 112 Å². The van der Waals surface area contributed by atoms with Crippen LogP contribution in [0.5, 0.6) is 5.75 Å². The first kappa shape index (κ1) is 12.4. The van der Waals surface area contributed by atoms with Gasteiger partial charge >= 0.3 is 0 Å². The fourth-order valence-corrected chi connectivity index (χ4v) is 2.34. The highest BCUT2D eigenvalue weighted by Gasteiger charge is 2.28. The zero-order valence-corrected chi connectivity index (χ0v) is 11.1. The van der Waals surface area contributed by atoms with Crippen LogP contribution in [0, 0.1) is 0 Å². The number of ether oxygens (including phenoxy) is 2. The van der Waals surface area contributed by atoms with E-state index in [9.17, 15) is 0 Å².